The number of benzene rings is 1. The second kappa shape index (κ2) is 4.69. The first-order valence-corrected chi connectivity index (χ1v) is 5.87. The highest BCUT2D eigenvalue weighted by molar-refractivity contribution is 5.35. The molecule has 4 heteroatoms. The third kappa shape index (κ3) is 3.46. The third-order valence-electron chi connectivity index (χ3n) is 3.15. The van der Waals surface area contributed by atoms with Crippen LogP contribution in [0.1, 0.15) is 29.5 Å². The molecule has 0 saturated carbocycles. The van der Waals surface area contributed by atoms with Crippen molar-refractivity contribution in [3.05, 3.63) is 34.9 Å². The van der Waals surface area contributed by atoms with Crippen LogP contribution in [-0.4, -0.2) is 12.2 Å². The van der Waals surface area contributed by atoms with Crippen molar-refractivity contribution < 1.29 is 13.2 Å². The summed E-state index contributed by atoms with van der Waals surface area (Å²) in [6, 6.07) is 5.10. The van der Waals surface area contributed by atoms with Crippen LogP contribution < -0.4 is 5.73 Å². The lowest BCUT2D eigenvalue weighted by Gasteiger charge is -2.14. The summed E-state index contributed by atoms with van der Waals surface area (Å²) in [5, 5.41) is 0. The lowest BCUT2D eigenvalue weighted by molar-refractivity contribution is -0.138. The van der Waals surface area contributed by atoms with Crippen LogP contribution in [0.3, 0.4) is 0 Å². The highest BCUT2D eigenvalue weighted by Crippen LogP contribution is 2.25. The first-order valence-electron chi connectivity index (χ1n) is 5.87. The van der Waals surface area contributed by atoms with E-state index in [1.165, 1.54) is 11.1 Å². The number of hydrogen-bond acceptors (Lipinski definition) is 1. The van der Waals surface area contributed by atoms with E-state index in [4.69, 9.17) is 5.73 Å². The third-order valence-corrected chi connectivity index (χ3v) is 3.15. The predicted octanol–water partition coefficient (Wildman–Crippen LogP) is 3.00. The molecule has 1 aliphatic carbocycles. The van der Waals surface area contributed by atoms with E-state index in [0.717, 1.165) is 24.8 Å². The Morgan fingerprint density at radius 2 is 1.88 bits per heavy atom. The first kappa shape index (κ1) is 12.4. The highest BCUT2D eigenvalue weighted by Gasteiger charge is 2.30. The molecule has 0 spiro atoms. The van der Waals surface area contributed by atoms with E-state index in [1.54, 1.807) is 0 Å². The molecule has 0 fully saturated rings. The van der Waals surface area contributed by atoms with Gasteiger partial charge in [0.15, 0.2) is 0 Å². The largest absolute Gasteiger partial charge is 0.390 e. The Morgan fingerprint density at radius 1 is 1.18 bits per heavy atom. The maximum atomic E-state index is 12.1. The van der Waals surface area contributed by atoms with Crippen molar-refractivity contribution in [1.82, 2.24) is 0 Å². The molecule has 0 bridgehead atoms. The van der Waals surface area contributed by atoms with Crippen molar-refractivity contribution in [2.45, 2.75) is 44.3 Å². The lowest BCUT2D eigenvalue weighted by atomic mass is 10.00. The van der Waals surface area contributed by atoms with Gasteiger partial charge in [-0.25, -0.2) is 0 Å². The van der Waals surface area contributed by atoms with Gasteiger partial charge < -0.3 is 5.73 Å². The summed E-state index contributed by atoms with van der Waals surface area (Å²) in [4.78, 5) is 0. The standard InChI is InChI=1S/C13H16F3N/c14-13(15,16)8-12(17)7-9-4-5-10-2-1-3-11(10)6-9/h4-6,12H,1-3,7-8,17H2. The predicted molar refractivity (Wildman–Crippen MR) is 60.8 cm³/mol. The van der Waals surface area contributed by atoms with Crippen LogP contribution in [0.25, 0.3) is 0 Å². The molecule has 1 aromatic rings. The smallest absolute Gasteiger partial charge is 0.327 e. The fourth-order valence-corrected chi connectivity index (χ4v) is 2.42. The molecule has 0 saturated heterocycles. The number of aryl methyl sites for hydroxylation is 2. The number of hydrogen-bond donors (Lipinski definition) is 1. The molecule has 0 heterocycles. The molecular weight excluding hydrogens is 227 g/mol. The van der Waals surface area contributed by atoms with Crippen LogP contribution >= 0.6 is 0 Å². The molecule has 2 N–H and O–H groups in total. The van der Waals surface area contributed by atoms with Gasteiger partial charge in [0.25, 0.3) is 0 Å². The molecule has 1 atom stereocenters. The Balaban J connectivity index is 1.99. The number of alkyl halides is 3. The van der Waals surface area contributed by atoms with Crippen LogP contribution in [0.15, 0.2) is 18.2 Å². The Hall–Kier alpha value is -1.03. The van der Waals surface area contributed by atoms with Gasteiger partial charge in [0.05, 0.1) is 6.42 Å². The van der Waals surface area contributed by atoms with Crippen molar-refractivity contribution >= 4 is 0 Å². The second-order valence-corrected chi connectivity index (χ2v) is 4.74. The maximum Gasteiger partial charge on any atom is 0.390 e. The molecule has 0 amide bonds. The van der Waals surface area contributed by atoms with Gasteiger partial charge in [-0.15, -0.1) is 0 Å². The zero-order valence-corrected chi connectivity index (χ0v) is 9.56. The summed E-state index contributed by atoms with van der Waals surface area (Å²) >= 11 is 0. The summed E-state index contributed by atoms with van der Waals surface area (Å²) < 4.78 is 36.4. The van der Waals surface area contributed by atoms with E-state index in [0.29, 0.717) is 6.42 Å². The van der Waals surface area contributed by atoms with Gasteiger partial charge in [-0.2, -0.15) is 13.2 Å². The van der Waals surface area contributed by atoms with Gasteiger partial charge in [0.1, 0.15) is 0 Å². The van der Waals surface area contributed by atoms with E-state index in [-0.39, 0.29) is 0 Å². The van der Waals surface area contributed by atoms with Crippen molar-refractivity contribution in [2.75, 3.05) is 0 Å². The van der Waals surface area contributed by atoms with E-state index >= 15 is 0 Å². The maximum absolute atomic E-state index is 12.1. The summed E-state index contributed by atoms with van der Waals surface area (Å²) in [7, 11) is 0. The Labute approximate surface area is 98.8 Å². The quantitative estimate of drug-likeness (QED) is 0.867. The van der Waals surface area contributed by atoms with Gasteiger partial charge >= 0.3 is 6.18 Å². The Kier molecular flexibility index (Phi) is 3.43. The molecule has 1 nitrogen and oxygen atoms in total. The minimum Gasteiger partial charge on any atom is -0.327 e. The zero-order valence-electron chi connectivity index (χ0n) is 9.56. The van der Waals surface area contributed by atoms with Gasteiger partial charge in [-0.1, -0.05) is 18.2 Å². The first-order chi connectivity index (χ1) is 7.94. The summed E-state index contributed by atoms with van der Waals surface area (Å²) in [6.07, 6.45) is -1.51. The minimum absolute atomic E-state index is 0.298. The van der Waals surface area contributed by atoms with Crippen LogP contribution in [-0.2, 0) is 19.3 Å². The van der Waals surface area contributed by atoms with Crippen molar-refractivity contribution in [3.8, 4) is 0 Å². The summed E-state index contributed by atoms with van der Waals surface area (Å²) in [6.45, 7) is 0. The molecule has 0 radical (unpaired) electrons. The molecule has 2 rings (SSSR count). The molecular formula is C13H16F3N. The van der Waals surface area contributed by atoms with Gasteiger partial charge in [0.2, 0.25) is 0 Å². The second-order valence-electron chi connectivity index (χ2n) is 4.74. The molecule has 0 aliphatic heterocycles. The van der Waals surface area contributed by atoms with Crippen LogP contribution in [0.5, 0.6) is 0 Å². The van der Waals surface area contributed by atoms with Gasteiger partial charge in [-0.3, -0.25) is 0 Å². The fraction of sp³-hybridized carbons (Fsp3) is 0.538. The van der Waals surface area contributed by atoms with Crippen LogP contribution in [0.4, 0.5) is 13.2 Å². The Bertz CT molecular complexity index is 398. The average molecular weight is 243 g/mol. The average Bonchev–Trinajstić information content (AvgIpc) is 2.61. The molecule has 1 aliphatic rings. The highest BCUT2D eigenvalue weighted by atomic mass is 19.4. The van der Waals surface area contributed by atoms with Gasteiger partial charge in [0, 0.05) is 6.04 Å². The topological polar surface area (TPSA) is 26.0 Å². The normalized spacial score (nSPS) is 16.9. The molecule has 1 unspecified atom stereocenters. The SMILES string of the molecule is NC(Cc1ccc2c(c1)CCC2)CC(F)(F)F. The number of nitrogens with two attached hydrogens (primary N) is 1. The number of fused-ring (bicyclic) bond motifs is 1. The van der Waals surface area contributed by atoms with Crippen molar-refractivity contribution in [3.63, 3.8) is 0 Å². The molecule has 0 aromatic heterocycles. The van der Waals surface area contributed by atoms with Crippen molar-refractivity contribution in [1.29, 1.82) is 0 Å². The summed E-state index contributed by atoms with van der Waals surface area (Å²) in [5.74, 6) is 0. The summed E-state index contributed by atoms with van der Waals surface area (Å²) in [5.41, 5.74) is 9.05. The van der Waals surface area contributed by atoms with E-state index < -0.39 is 18.6 Å². The van der Waals surface area contributed by atoms with E-state index in [2.05, 4.69) is 0 Å². The van der Waals surface area contributed by atoms with Crippen LogP contribution in [0, 0.1) is 0 Å². The molecule has 94 valence electrons. The minimum atomic E-state index is -4.17. The zero-order chi connectivity index (χ0) is 12.5. The fourth-order valence-electron chi connectivity index (χ4n) is 2.42. The van der Waals surface area contributed by atoms with Crippen molar-refractivity contribution in [2.24, 2.45) is 5.73 Å². The van der Waals surface area contributed by atoms with Gasteiger partial charge in [-0.05, 0) is 42.4 Å². The van der Waals surface area contributed by atoms with E-state index in [9.17, 15) is 13.2 Å². The molecule has 1 aromatic carbocycles. The molecule has 17 heavy (non-hydrogen) atoms. The number of rotatable bonds is 3. The monoisotopic (exact) mass is 243 g/mol. The van der Waals surface area contributed by atoms with E-state index in [1.807, 2.05) is 18.2 Å². The number of halogens is 3. The Morgan fingerprint density at radius 3 is 2.59 bits per heavy atom. The lowest BCUT2D eigenvalue weighted by Crippen LogP contribution is -2.29. The van der Waals surface area contributed by atoms with Crippen LogP contribution in [0.2, 0.25) is 0 Å².